The van der Waals surface area contributed by atoms with Gasteiger partial charge in [-0.1, -0.05) is 0 Å². The van der Waals surface area contributed by atoms with Crippen molar-refractivity contribution in [2.24, 2.45) is 0 Å². The van der Waals surface area contributed by atoms with Crippen LogP contribution in [0.5, 0.6) is 0 Å². The fourth-order valence-corrected chi connectivity index (χ4v) is 4.73. The van der Waals surface area contributed by atoms with Crippen LogP contribution in [0.3, 0.4) is 0 Å². The first-order valence-corrected chi connectivity index (χ1v) is 12.2. The summed E-state index contributed by atoms with van der Waals surface area (Å²) < 4.78 is 27.4. The minimum Gasteiger partial charge on any atom is -0.352 e. The average Bonchev–Trinajstić information content (AvgIpc) is 2.71. The van der Waals surface area contributed by atoms with Gasteiger partial charge in [0, 0.05) is 23.5 Å². The Morgan fingerprint density at radius 2 is 1.66 bits per heavy atom. The molecule has 1 N–H and O–H groups in total. The van der Waals surface area contributed by atoms with E-state index in [1.54, 1.807) is 67.2 Å². The molecule has 0 bridgehead atoms. The SMILES string of the molecule is CCN(c1ccc(C(=O)NCCCN(C)C)cc1)S(=O)(=O)c1ccc(SC)cc1. The van der Waals surface area contributed by atoms with Crippen molar-refractivity contribution in [2.45, 2.75) is 23.1 Å². The minimum absolute atomic E-state index is 0.158. The number of rotatable bonds is 10. The van der Waals surface area contributed by atoms with E-state index >= 15 is 0 Å². The normalized spacial score (nSPS) is 11.5. The van der Waals surface area contributed by atoms with Gasteiger partial charge in [-0.2, -0.15) is 0 Å². The topological polar surface area (TPSA) is 69.7 Å². The lowest BCUT2D eigenvalue weighted by molar-refractivity contribution is 0.0952. The summed E-state index contributed by atoms with van der Waals surface area (Å²) in [6.45, 7) is 3.59. The number of thioether (sulfide) groups is 1. The zero-order valence-electron chi connectivity index (χ0n) is 17.4. The molecule has 0 aliphatic carbocycles. The van der Waals surface area contributed by atoms with Crippen molar-refractivity contribution in [1.82, 2.24) is 10.2 Å². The van der Waals surface area contributed by atoms with Gasteiger partial charge in [-0.3, -0.25) is 9.10 Å². The molecule has 2 rings (SSSR count). The van der Waals surface area contributed by atoms with Crippen LogP contribution >= 0.6 is 11.8 Å². The summed E-state index contributed by atoms with van der Waals surface area (Å²) in [7, 11) is 0.313. The monoisotopic (exact) mass is 435 g/mol. The molecule has 6 nitrogen and oxygen atoms in total. The van der Waals surface area contributed by atoms with Crippen LogP contribution in [-0.4, -0.2) is 59.2 Å². The second-order valence-corrected chi connectivity index (χ2v) is 9.55. The summed E-state index contributed by atoms with van der Waals surface area (Å²) in [6.07, 6.45) is 2.82. The first-order chi connectivity index (χ1) is 13.8. The van der Waals surface area contributed by atoms with Gasteiger partial charge in [0.15, 0.2) is 0 Å². The number of hydrogen-bond acceptors (Lipinski definition) is 5. The summed E-state index contributed by atoms with van der Waals surface area (Å²) in [6, 6.07) is 13.5. The molecule has 0 aliphatic heterocycles. The van der Waals surface area contributed by atoms with Crippen molar-refractivity contribution in [3.63, 3.8) is 0 Å². The number of nitrogens with zero attached hydrogens (tertiary/aromatic N) is 2. The van der Waals surface area contributed by atoms with Gasteiger partial charge in [-0.15, -0.1) is 11.8 Å². The molecule has 0 radical (unpaired) electrons. The largest absolute Gasteiger partial charge is 0.352 e. The van der Waals surface area contributed by atoms with Crippen LogP contribution in [0.1, 0.15) is 23.7 Å². The summed E-state index contributed by atoms with van der Waals surface area (Å²) in [5, 5.41) is 2.88. The second-order valence-electron chi connectivity index (χ2n) is 6.80. The molecule has 0 aromatic heterocycles. The fourth-order valence-electron chi connectivity index (χ4n) is 2.84. The fraction of sp³-hybridized carbons (Fsp3) is 0.381. The molecule has 2 aromatic rings. The van der Waals surface area contributed by atoms with E-state index in [1.807, 2.05) is 20.4 Å². The highest BCUT2D eigenvalue weighted by atomic mass is 32.2. The molecule has 29 heavy (non-hydrogen) atoms. The molecule has 0 spiro atoms. The first kappa shape index (κ1) is 23.3. The predicted molar refractivity (Wildman–Crippen MR) is 120 cm³/mol. The number of amides is 1. The maximum atomic E-state index is 13.0. The Balaban J connectivity index is 2.12. The Bertz CT molecular complexity index is 896. The van der Waals surface area contributed by atoms with E-state index in [2.05, 4.69) is 10.2 Å². The van der Waals surface area contributed by atoms with Crippen LogP contribution < -0.4 is 9.62 Å². The van der Waals surface area contributed by atoms with Gasteiger partial charge < -0.3 is 10.2 Å². The van der Waals surface area contributed by atoms with Gasteiger partial charge >= 0.3 is 0 Å². The molecular formula is C21H29N3O3S2. The number of hydrogen-bond donors (Lipinski definition) is 1. The molecule has 2 aromatic carbocycles. The highest BCUT2D eigenvalue weighted by Crippen LogP contribution is 2.25. The lowest BCUT2D eigenvalue weighted by atomic mass is 10.2. The molecule has 0 unspecified atom stereocenters. The van der Waals surface area contributed by atoms with Crippen LogP contribution in [-0.2, 0) is 10.0 Å². The quantitative estimate of drug-likeness (QED) is 0.458. The first-order valence-electron chi connectivity index (χ1n) is 9.49. The lowest BCUT2D eigenvalue weighted by Crippen LogP contribution is -2.31. The molecule has 158 valence electrons. The smallest absolute Gasteiger partial charge is 0.264 e. The zero-order valence-corrected chi connectivity index (χ0v) is 19.0. The predicted octanol–water partition coefficient (Wildman–Crippen LogP) is 3.31. The van der Waals surface area contributed by atoms with Crippen LogP contribution in [0.15, 0.2) is 58.3 Å². The molecule has 0 saturated heterocycles. The third-order valence-corrected chi connectivity index (χ3v) is 7.08. The van der Waals surface area contributed by atoms with Crippen LogP contribution in [0.25, 0.3) is 0 Å². The molecule has 0 fully saturated rings. The average molecular weight is 436 g/mol. The van der Waals surface area contributed by atoms with E-state index in [0.29, 0.717) is 24.3 Å². The van der Waals surface area contributed by atoms with E-state index in [4.69, 9.17) is 0 Å². The number of anilines is 1. The van der Waals surface area contributed by atoms with E-state index in [9.17, 15) is 13.2 Å². The highest BCUT2D eigenvalue weighted by Gasteiger charge is 2.23. The lowest BCUT2D eigenvalue weighted by Gasteiger charge is -2.23. The van der Waals surface area contributed by atoms with Crippen molar-refractivity contribution >= 4 is 33.4 Å². The van der Waals surface area contributed by atoms with Crippen molar-refractivity contribution in [2.75, 3.05) is 44.3 Å². The minimum atomic E-state index is -3.67. The summed E-state index contributed by atoms with van der Waals surface area (Å²) in [5.41, 5.74) is 1.04. The second kappa shape index (κ2) is 10.7. The van der Waals surface area contributed by atoms with E-state index in [0.717, 1.165) is 17.9 Å². The van der Waals surface area contributed by atoms with Gasteiger partial charge in [0.25, 0.3) is 15.9 Å². The van der Waals surface area contributed by atoms with Gasteiger partial charge in [-0.25, -0.2) is 8.42 Å². The van der Waals surface area contributed by atoms with Crippen LogP contribution in [0, 0.1) is 0 Å². The highest BCUT2D eigenvalue weighted by molar-refractivity contribution is 7.98. The Morgan fingerprint density at radius 1 is 1.03 bits per heavy atom. The molecule has 1 amide bonds. The Hall–Kier alpha value is -2.03. The van der Waals surface area contributed by atoms with E-state index in [1.165, 1.54) is 4.31 Å². The zero-order chi connectivity index (χ0) is 21.4. The van der Waals surface area contributed by atoms with Crippen LogP contribution in [0.2, 0.25) is 0 Å². The Morgan fingerprint density at radius 3 is 2.17 bits per heavy atom. The summed E-state index contributed by atoms with van der Waals surface area (Å²) >= 11 is 1.56. The number of nitrogens with one attached hydrogen (secondary N) is 1. The summed E-state index contributed by atoms with van der Waals surface area (Å²) in [4.78, 5) is 15.6. The number of benzene rings is 2. The van der Waals surface area contributed by atoms with Crippen molar-refractivity contribution in [3.8, 4) is 0 Å². The van der Waals surface area contributed by atoms with Gasteiger partial charge in [0.2, 0.25) is 0 Å². The van der Waals surface area contributed by atoms with Gasteiger partial charge in [0.1, 0.15) is 0 Å². The van der Waals surface area contributed by atoms with Crippen LogP contribution in [0.4, 0.5) is 5.69 Å². The van der Waals surface area contributed by atoms with Crippen molar-refractivity contribution < 1.29 is 13.2 Å². The molecule has 0 aliphatic rings. The van der Waals surface area contributed by atoms with E-state index in [-0.39, 0.29) is 10.8 Å². The molecule has 0 saturated carbocycles. The van der Waals surface area contributed by atoms with Gasteiger partial charge in [-0.05, 0) is 88.8 Å². The molecule has 0 atom stereocenters. The molecular weight excluding hydrogens is 406 g/mol. The maximum absolute atomic E-state index is 13.0. The third kappa shape index (κ3) is 6.22. The molecule has 0 heterocycles. The number of sulfonamides is 1. The standard InChI is InChI=1S/C21H29N3O3S2/c1-5-24(29(26,27)20-13-11-19(28-4)12-14-20)18-9-7-17(8-10-18)21(25)22-15-6-16-23(2)3/h7-14H,5-6,15-16H2,1-4H3,(H,22,25). The maximum Gasteiger partial charge on any atom is 0.264 e. The van der Waals surface area contributed by atoms with E-state index < -0.39 is 10.0 Å². The van der Waals surface area contributed by atoms with Crippen molar-refractivity contribution in [3.05, 3.63) is 54.1 Å². The number of carbonyl (C=O) groups is 1. The van der Waals surface area contributed by atoms with Crippen molar-refractivity contribution in [1.29, 1.82) is 0 Å². The summed E-state index contributed by atoms with van der Waals surface area (Å²) in [5.74, 6) is -0.158. The molecule has 8 heteroatoms. The third-order valence-electron chi connectivity index (χ3n) is 4.42. The Labute approximate surface area is 178 Å². The van der Waals surface area contributed by atoms with Gasteiger partial charge in [0.05, 0.1) is 10.6 Å². The Kier molecular flexibility index (Phi) is 8.55. The number of carbonyl (C=O) groups excluding carboxylic acids is 1.